The highest BCUT2D eigenvalue weighted by molar-refractivity contribution is 7.09. The highest BCUT2D eigenvalue weighted by Gasteiger charge is 2.18. The molecular weight excluding hydrogens is 322 g/mol. The van der Waals surface area contributed by atoms with Crippen LogP contribution in [0.1, 0.15) is 23.5 Å². The van der Waals surface area contributed by atoms with Crippen molar-refractivity contribution in [2.45, 2.75) is 26.2 Å². The maximum atomic E-state index is 5.15. The van der Waals surface area contributed by atoms with E-state index in [-0.39, 0.29) is 0 Å². The molecule has 7 heteroatoms. The molecule has 6 nitrogen and oxygen atoms in total. The summed E-state index contributed by atoms with van der Waals surface area (Å²) in [6, 6.07) is 0. The number of hydrogen-bond donors (Lipinski definition) is 2. The van der Waals surface area contributed by atoms with Crippen LogP contribution >= 0.6 is 11.3 Å². The number of likely N-dealkylation sites (tertiary alicyclic amines) is 1. The molecule has 1 aromatic heterocycles. The summed E-state index contributed by atoms with van der Waals surface area (Å²) < 4.78 is 5.15. The van der Waals surface area contributed by atoms with Gasteiger partial charge in [0.2, 0.25) is 0 Å². The third kappa shape index (κ3) is 6.75. The van der Waals surface area contributed by atoms with E-state index in [4.69, 9.17) is 4.74 Å². The molecule has 0 aliphatic carbocycles. The lowest BCUT2D eigenvalue weighted by atomic mass is 9.97. The Labute approximate surface area is 149 Å². The number of aryl methyl sites for hydroxylation is 1. The predicted octanol–water partition coefficient (Wildman–Crippen LogP) is 1.52. The SMILES string of the molecule is CN=C(NCCc1csc(C)n1)NCC1CCN(CCOC)CC1. The summed E-state index contributed by atoms with van der Waals surface area (Å²) in [5.74, 6) is 1.62. The Bertz CT molecular complexity index is 497. The van der Waals surface area contributed by atoms with Crippen molar-refractivity contribution in [1.29, 1.82) is 0 Å². The molecule has 0 unspecified atom stereocenters. The van der Waals surface area contributed by atoms with E-state index in [0.29, 0.717) is 0 Å². The Kier molecular flexibility index (Phi) is 8.49. The smallest absolute Gasteiger partial charge is 0.190 e. The van der Waals surface area contributed by atoms with Crippen LogP contribution in [0.2, 0.25) is 0 Å². The van der Waals surface area contributed by atoms with Crippen LogP contribution in [-0.4, -0.2) is 69.3 Å². The van der Waals surface area contributed by atoms with Gasteiger partial charge in [0, 0.05) is 45.6 Å². The highest BCUT2D eigenvalue weighted by atomic mass is 32.1. The molecule has 1 aromatic rings. The van der Waals surface area contributed by atoms with Crippen LogP contribution < -0.4 is 10.6 Å². The number of hydrogen-bond acceptors (Lipinski definition) is 5. The van der Waals surface area contributed by atoms with Crippen molar-refractivity contribution in [3.8, 4) is 0 Å². The van der Waals surface area contributed by atoms with Crippen molar-refractivity contribution in [3.05, 3.63) is 16.1 Å². The van der Waals surface area contributed by atoms with E-state index in [1.54, 1.807) is 18.4 Å². The molecule has 0 bridgehead atoms. The maximum Gasteiger partial charge on any atom is 0.190 e. The number of nitrogens with one attached hydrogen (secondary N) is 2. The van der Waals surface area contributed by atoms with E-state index in [1.807, 2.05) is 14.0 Å². The Balaban J connectivity index is 1.60. The summed E-state index contributed by atoms with van der Waals surface area (Å²) in [6.45, 7) is 8.12. The van der Waals surface area contributed by atoms with Gasteiger partial charge in [-0.1, -0.05) is 0 Å². The molecule has 136 valence electrons. The molecule has 1 saturated heterocycles. The second-order valence-electron chi connectivity index (χ2n) is 6.27. The summed E-state index contributed by atoms with van der Waals surface area (Å²) in [6.07, 6.45) is 3.42. The summed E-state index contributed by atoms with van der Waals surface area (Å²) in [5, 5.41) is 10.1. The van der Waals surface area contributed by atoms with E-state index in [0.717, 1.165) is 55.2 Å². The van der Waals surface area contributed by atoms with Gasteiger partial charge in [-0.25, -0.2) is 4.98 Å². The summed E-state index contributed by atoms with van der Waals surface area (Å²) in [4.78, 5) is 11.3. The van der Waals surface area contributed by atoms with E-state index in [9.17, 15) is 0 Å². The third-order valence-corrected chi connectivity index (χ3v) is 5.26. The largest absolute Gasteiger partial charge is 0.383 e. The second-order valence-corrected chi connectivity index (χ2v) is 7.33. The first-order chi connectivity index (χ1) is 11.7. The summed E-state index contributed by atoms with van der Waals surface area (Å²) >= 11 is 1.71. The van der Waals surface area contributed by atoms with Crippen molar-refractivity contribution in [1.82, 2.24) is 20.5 Å². The van der Waals surface area contributed by atoms with E-state index in [1.165, 1.54) is 25.9 Å². The number of nitrogens with zero attached hydrogens (tertiary/aromatic N) is 3. The van der Waals surface area contributed by atoms with E-state index in [2.05, 4.69) is 30.9 Å². The monoisotopic (exact) mass is 353 g/mol. The van der Waals surface area contributed by atoms with Gasteiger partial charge in [-0.05, 0) is 38.8 Å². The predicted molar refractivity (Wildman–Crippen MR) is 101 cm³/mol. The minimum absolute atomic E-state index is 0.725. The van der Waals surface area contributed by atoms with Crippen molar-refractivity contribution in [2.24, 2.45) is 10.9 Å². The number of ether oxygens (including phenoxy) is 1. The first-order valence-corrected chi connectivity index (χ1v) is 9.66. The van der Waals surface area contributed by atoms with E-state index < -0.39 is 0 Å². The van der Waals surface area contributed by atoms with Gasteiger partial charge in [0.05, 0.1) is 17.3 Å². The molecule has 2 heterocycles. The molecule has 0 radical (unpaired) electrons. The summed E-state index contributed by atoms with van der Waals surface area (Å²) in [7, 11) is 3.60. The molecule has 24 heavy (non-hydrogen) atoms. The topological polar surface area (TPSA) is 61.8 Å². The fourth-order valence-electron chi connectivity index (χ4n) is 2.93. The fourth-order valence-corrected chi connectivity index (χ4v) is 3.58. The molecule has 0 spiro atoms. The molecule has 2 N–H and O–H groups in total. The van der Waals surface area contributed by atoms with Crippen LogP contribution in [0.3, 0.4) is 0 Å². The van der Waals surface area contributed by atoms with Gasteiger partial charge in [-0.3, -0.25) is 4.99 Å². The van der Waals surface area contributed by atoms with Gasteiger partial charge in [-0.15, -0.1) is 11.3 Å². The molecule has 1 aliphatic rings. The molecule has 2 rings (SSSR count). The highest BCUT2D eigenvalue weighted by Crippen LogP contribution is 2.15. The maximum absolute atomic E-state index is 5.15. The number of rotatable bonds is 8. The van der Waals surface area contributed by atoms with Crippen LogP contribution in [0.15, 0.2) is 10.4 Å². The normalized spacial score (nSPS) is 17.2. The van der Waals surface area contributed by atoms with Crippen LogP contribution in [-0.2, 0) is 11.2 Å². The zero-order chi connectivity index (χ0) is 17.2. The minimum atomic E-state index is 0.725. The zero-order valence-electron chi connectivity index (χ0n) is 15.2. The average molecular weight is 354 g/mol. The third-order valence-electron chi connectivity index (χ3n) is 4.44. The molecule has 0 atom stereocenters. The molecular formula is C17H31N5OS. The first kappa shape index (κ1) is 19.1. The molecule has 0 amide bonds. The number of methoxy groups -OCH3 is 1. The zero-order valence-corrected chi connectivity index (χ0v) is 16.0. The first-order valence-electron chi connectivity index (χ1n) is 8.78. The van der Waals surface area contributed by atoms with Gasteiger partial charge in [-0.2, -0.15) is 0 Å². The quantitative estimate of drug-likeness (QED) is 0.548. The van der Waals surface area contributed by atoms with Crippen molar-refractivity contribution < 1.29 is 4.74 Å². The molecule has 0 saturated carbocycles. The lowest BCUT2D eigenvalue weighted by molar-refractivity contribution is 0.121. The van der Waals surface area contributed by atoms with Crippen LogP contribution in [0.25, 0.3) is 0 Å². The molecule has 0 aromatic carbocycles. The van der Waals surface area contributed by atoms with Crippen molar-refractivity contribution in [2.75, 3.05) is 53.5 Å². The fraction of sp³-hybridized carbons (Fsp3) is 0.765. The Hall–Kier alpha value is -1.18. The lowest BCUT2D eigenvalue weighted by Gasteiger charge is -2.32. The molecule has 1 fully saturated rings. The lowest BCUT2D eigenvalue weighted by Crippen LogP contribution is -2.43. The van der Waals surface area contributed by atoms with Crippen molar-refractivity contribution in [3.63, 3.8) is 0 Å². The van der Waals surface area contributed by atoms with Crippen LogP contribution in [0, 0.1) is 12.8 Å². The Morgan fingerprint density at radius 3 is 2.83 bits per heavy atom. The van der Waals surface area contributed by atoms with Gasteiger partial charge >= 0.3 is 0 Å². The van der Waals surface area contributed by atoms with Crippen molar-refractivity contribution >= 4 is 17.3 Å². The van der Waals surface area contributed by atoms with Gasteiger partial charge in [0.25, 0.3) is 0 Å². The summed E-state index contributed by atoms with van der Waals surface area (Å²) in [5.41, 5.74) is 1.16. The van der Waals surface area contributed by atoms with Gasteiger partial charge in [0.1, 0.15) is 0 Å². The average Bonchev–Trinajstić information content (AvgIpc) is 3.02. The standard InChI is InChI=1S/C17H31N5OS/c1-14-21-16(13-24-14)4-7-19-17(18-2)20-12-15-5-8-22(9-6-15)10-11-23-3/h13,15H,4-12H2,1-3H3,(H2,18,19,20). The number of aromatic nitrogens is 1. The van der Waals surface area contributed by atoms with Gasteiger partial charge in [0.15, 0.2) is 5.96 Å². The Morgan fingerprint density at radius 1 is 1.42 bits per heavy atom. The van der Waals surface area contributed by atoms with Gasteiger partial charge < -0.3 is 20.3 Å². The van der Waals surface area contributed by atoms with Crippen LogP contribution in [0.5, 0.6) is 0 Å². The number of aliphatic imine (C=N–C) groups is 1. The van der Waals surface area contributed by atoms with E-state index >= 15 is 0 Å². The Morgan fingerprint density at radius 2 is 2.21 bits per heavy atom. The minimum Gasteiger partial charge on any atom is -0.383 e. The molecule has 1 aliphatic heterocycles. The second kappa shape index (κ2) is 10.6. The van der Waals surface area contributed by atoms with Crippen LogP contribution in [0.4, 0.5) is 0 Å². The number of thiazole rings is 1. The number of guanidine groups is 1. The number of piperidine rings is 1.